The molecule has 0 saturated heterocycles. The Labute approximate surface area is 181 Å². The van der Waals surface area contributed by atoms with Gasteiger partial charge in [0.2, 0.25) is 23.3 Å². The van der Waals surface area contributed by atoms with Gasteiger partial charge in [-0.15, -0.1) is 0 Å². The van der Waals surface area contributed by atoms with Gasteiger partial charge in [0.15, 0.2) is 34.8 Å². The minimum Gasteiger partial charge on any atom is -0.491 e. The molecule has 0 heterocycles. The van der Waals surface area contributed by atoms with Gasteiger partial charge in [-0.2, -0.15) is 17.6 Å². The van der Waals surface area contributed by atoms with Crippen LogP contribution < -0.4 is 25.4 Å². The van der Waals surface area contributed by atoms with Crippen molar-refractivity contribution in [1.29, 1.82) is 0 Å². The van der Waals surface area contributed by atoms with Crippen molar-refractivity contribution in [3.05, 3.63) is 76.9 Å². The zero-order valence-electron chi connectivity index (χ0n) is 16.1. The number of hydrogen-bond donors (Lipinski definition) is 0. The van der Waals surface area contributed by atoms with Crippen LogP contribution in [-0.4, -0.2) is 14.2 Å². The van der Waals surface area contributed by atoms with Crippen molar-refractivity contribution >= 4 is 33.8 Å². The molecule has 0 aromatic heterocycles. The van der Waals surface area contributed by atoms with Crippen molar-refractivity contribution in [3.8, 4) is 11.5 Å². The molecule has 2 nitrogen and oxygen atoms in total. The molecule has 32 heavy (non-hydrogen) atoms. The molecule has 0 N–H and O–H groups in total. The summed E-state index contributed by atoms with van der Waals surface area (Å²) in [6.45, 7) is 0. The number of hydrogen-bond acceptors (Lipinski definition) is 3. The first kappa shape index (κ1) is 24.0. The highest BCUT2D eigenvalue weighted by atomic mass is 32.4. The monoisotopic (exact) mass is 498 g/mol. The van der Waals surface area contributed by atoms with Crippen LogP contribution in [0, 0.1) is 46.5 Å². The van der Waals surface area contributed by atoms with Gasteiger partial charge in [0.25, 0.3) is 0 Å². The molecule has 0 radical (unpaired) electrons. The molecule has 0 aliphatic rings. The fourth-order valence-electron chi connectivity index (χ4n) is 3.12. The molecule has 0 spiro atoms. The summed E-state index contributed by atoms with van der Waals surface area (Å²) in [5, 5.41) is -3.61. The molecule has 170 valence electrons. The number of benzene rings is 3. The van der Waals surface area contributed by atoms with Gasteiger partial charge in [0, 0.05) is 0 Å². The molecular weight excluding hydrogens is 487 g/mol. The van der Waals surface area contributed by atoms with Crippen LogP contribution in [-0.2, 0) is 11.8 Å². The number of halogens is 8. The highest BCUT2D eigenvalue weighted by Crippen LogP contribution is 2.49. The maximum Gasteiger partial charge on any atom is 0.204 e. The third-order valence-corrected chi connectivity index (χ3v) is 9.36. The topological polar surface area (TPSA) is 18.5 Å². The predicted octanol–water partition coefficient (Wildman–Crippen LogP) is 4.57. The van der Waals surface area contributed by atoms with Crippen LogP contribution in [0.15, 0.2) is 30.3 Å². The normalized spacial score (nSPS) is 11.6. The van der Waals surface area contributed by atoms with E-state index >= 15 is 17.6 Å². The quantitative estimate of drug-likeness (QED) is 0.292. The second-order valence-electron chi connectivity index (χ2n) is 6.22. The third kappa shape index (κ3) is 3.34. The lowest BCUT2D eigenvalue weighted by molar-refractivity contribution is 0.334. The Morgan fingerprint density at radius 1 is 0.562 bits per heavy atom. The summed E-state index contributed by atoms with van der Waals surface area (Å²) in [5.41, 5.74) is 0. The lowest BCUT2D eigenvalue weighted by atomic mass is 10.3. The van der Waals surface area contributed by atoms with Crippen LogP contribution in [0.25, 0.3) is 0 Å². The molecule has 12 heteroatoms. The van der Waals surface area contributed by atoms with Gasteiger partial charge in [-0.05, 0) is 5.30 Å². The van der Waals surface area contributed by atoms with Crippen molar-refractivity contribution in [2.45, 2.75) is 0 Å². The van der Waals surface area contributed by atoms with Gasteiger partial charge < -0.3 is 9.47 Å². The van der Waals surface area contributed by atoms with Gasteiger partial charge in [0.1, 0.15) is 0 Å². The Kier molecular flexibility index (Phi) is 6.53. The van der Waals surface area contributed by atoms with E-state index < -0.39 is 80.0 Å². The maximum absolute atomic E-state index is 15.0. The van der Waals surface area contributed by atoms with Crippen LogP contribution in [0.5, 0.6) is 11.5 Å². The summed E-state index contributed by atoms with van der Waals surface area (Å²) in [6, 6.07) is 1.16. The van der Waals surface area contributed by atoms with E-state index in [4.69, 9.17) is 11.8 Å². The molecule has 0 atom stereocenters. The van der Waals surface area contributed by atoms with Crippen LogP contribution >= 0.6 is 6.04 Å². The lowest BCUT2D eigenvalue weighted by Gasteiger charge is -2.27. The van der Waals surface area contributed by atoms with Gasteiger partial charge in [-0.3, -0.25) is 0 Å². The molecular formula is C20H11F8O2PS. The van der Waals surface area contributed by atoms with Crippen LogP contribution in [0.2, 0.25) is 0 Å². The van der Waals surface area contributed by atoms with Crippen LogP contribution in [0.1, 0.15) is 0 Å². The Morgan fingerprint density at radius 2 is 0.875 bits per heavy atom. The molecule has 0 aliphatic heterocycles. The minimum absolute atomic E-state index is 0.404. The number of ether oxygens (including phenoxy) is 2. The van der Waals surface area contributed by atoms with Gasteiger partial charge in [0.05, 0.1) is 30.9 Å². The number of rotatable bonds is 5. The van der Waals surface area contributed by atoms with Crippen molar-refractivity contribution in [3.63, 3.8) is 0 Å². The first-order valence-electron chi connectivity index (χ1n) is 8.50. The standard InChI is InChI=1S/C20H11F8O2PS/c1-29-17-9(21)13(25)19(14(26)10(17)22)31(32,8-6-4-3-5-7-8)20-15(27)11(23)18(30-2)12(24)16(20)28/h3-7H,1-2H3. The van der Waals surface area contributed by atoms with Crippen LogP contribution in [0.3, 0.4) is 0 Å². The van der Waals surface area contributed by atoms with Gasteiger partial charge >= 0.3 is 0 Å². The smallest absolute Gasteiger partial charge is 0.204 e. The molecule has 3 aromatic carbocycles. The second-order valence-corrected chi connectivity index (χ2v) is 10.5. The van der Waals surface area contributed by atoms with Crippen molar-refractivity contribution < 1.29 is 44.6 Å². The van der Waals surface area contributed by atoms with E-state index in [-0.39, 0.29) is 0 Å². The summed E-state index contributed by atoms with van der Waals surface area (Å²) < 4.78 is 126. The summed E-state index contributed by atoms with van der Waals surface area (Å²) >= 11 is 5.25. The maximum atomic E-state index is 15.0. The number of methoxy groups -OCH3 is 2. The summed E-state index contributed by atoms with van der Waals surface area (Å²) in [5.74, 6) is -19.6. The minimum atomic E-state index is -4.83. The highest BCUT2D eigenvalue weighted by molar-refractivity contribution is 8.25. The van der Waals surface area contributed by atoms with E-state index in [1.165, 1.54) is 18.2 Å². The largest absolute Gasteiger partial charge is 0.491 e. The lowest BCUT2D eigenvalue weighted by Crippen LogP contribution is -2.35. The zero-order chi connectivity index (χ0) is 24.0. The predicted molar refractivity (Wildman–Crippen MR) is 105 cm³/mol. The van der Waals surface area contributed by atoms with Crippen molar-refractivity contribution in [2.24, 2.45) is 0 Å². The Hall–Kier alpha value is -2.65. The first-order chi connectivity index (χ1) is 15.0. The van der Waals surface area contributed by atoms with Crippen molar-refractivity contribution in [2.75, 3.05) is 14.2 Å². The zero-order valence-corrected chi connectivity index (χ0v) is 17.8. The van der Waals surface area contributed by atoms with E-state index in [0.717, 1.165) is 26.4 Å². The SMILES string of the molecule is COc1c(F)c(F)c(P(=S)(c2ccccc2)c2c(F)c(F)c(OC)c(F)c2F)c(F)c1F. The Balaban J connectivity index is 2.61. The first-order valence-corrected chi connectivity index (χ1v) is 11.3. The van der Waals surface area contributed by atoms with E-state index in [0.29, 0.717) is 0 Å². The van der Waals surface area contributed by atoms with E-state index in [1.807, 2.05) is 0 Å². The molecule has 0 bridgehead atoms. The molecule has 3 aromatic rings. The summed E-state index contributed by atoms with van der Waals surface area (Å²) in [6.07, 6.45) is 0. The molecule has 0 saturated carbocycles. The Bertz CT molecular complexity index is 1130. The van der Waals surface area contributed by atoms with Gasteiger partial charge in [-0.1, -0.05) is 42.1 Å². The Morgan fingerprint density at radius 3 is 1.16 bits per heavy atom. The van der Waals surface area contributed by atoms with E-state index in [1.54, 1.807) is 0 Å². The molecule has 0 amide bonds. The third-order valence-electron chi connectivity index (χ3n) is 4.56. The summed E-state index contributed by atoms with van der Waals surface area (Å²) in [4.78, 5) is 0. The fraction of sp³-hybridized carbons (Fsp3) is 0.100. The second kappa shape index (κ2) is 8.71. The highest BCUT2D eigenvalue weighted by Gasteiger charge is 2.42. The van der Waals surface area contributed by atoms with Crippen LogP contribution in [0.4, 0.5) is 35.1 Å². The van der Waals surface area contributed by atoms with Crippen molar-refractivity contribution in [1.82, 2.24) is 0 Å². The molecule has 0 fully saturated rings. The average molecular weight is 498 g/mol. The van der Waals surface area contributed by atoms with Gasteiger partial charge in [-0.25, -0.2) is 17.6 Å². The molecule has 0 unspecified atom stereocenters. The fourth-order valence-corrected chi connectivity index (χ4v) is 7.28. The molecule has 3 rings (SSSR count). The molecule has 0 aliphatic carbocycles. The van der Waals surface area contributed by atoms with E-state index in [2.05, 4.69) is 9.47 Å². The van der Waals surface area contributed by atoms with E-state index in [9.17, 15) is 17.6 Å². The summed E-state index contributed by atoms with van der Waals surface area (Å²) in [7, 11) is 1.45. The average Bonchev–Trinajstić information content (AvgIpc) is 2.78.